The summed E-state index contributed by atoms with van der Waals surface area (Å²) in [6.07, 6.45) is 4.95. The van der Waals surface area contributed by atoms with Crippen molar-refractivity contribution in [2.24, 2.45) is 7.05 Å². The molecule has 162 valence electrons. The van der Waals surface area contributed by atoms with Gasteiger partial charge in [0.15, 0.2) is 0 Å². The summed E-state index contributed by atoms with van der Waals surface area (Å²) in [5, 5.41) is 5.65. The van der Waals surface area contributed by atoms with Crippen LogP contribution in [-0.4, -0.2) is 28.5 Å². The number of benzene rings is 2. The fourth-order valence-electron chi connectivity index (χ4n) is 3.54. The summed E-state index contributed by atoms with van der Waals surface area (Å²) in [5.41, 5.74) is 3.46. The molecule has 0 aliphatic rings. The lowest BCUT2D eigenvalue weighted by molar-refractivity contribution is -0.136. The van der Waals surface area contributed by atoms with Gasteiger partial charge in [0.25, 0.3) is 0 Å². The zero-order valence-corrected chi connectivity index (χ0v) is 18.3. The molecule has 7 heteroatoms. The van der Waals surface area contributed by atoms with Gasteiger partial charge >= 0.3 is 11.8 Å². The van der Waals surface area contributed by atoms with E-state index in [2.05, 4.69) is 15.6 Å². The van der Waals surface area contributed by atoms with Gasteiger partial charge in [-0.05, 0) is 41.7 Å². The first-order valence-electron chi connectivity index (χ1n) is 10.3. The van der Waals surface area contributed by atoms with Crippen molar-refractivity contribution in [2.45, 2.75) is 32.7 Å². The van der Waals surface area contributed by atoms with Crippen molar-refractivity contribution in [1.29, 1.82) is 0 Å². The topological polar surface area (TPSA) is 85.2 Å². The van der Waals surface area contributed by atoms with Crippen LogP contribution in [0.4, 0.5) is 5.69 Å². The van der Waals surface area contributed by atoms with Crippen molar-refractivity contribution < 1.29 is 14.3 Å². The molecule has 0 aliphatic carbocycles. The quantitative estimate of drug-likeness (QED) is 0.574. The van der Waals surface area contributed by atoms with E-state index in [0.717, 1.165) is 29.5 Å². The largest absolute Gasteiger partial charge is 0.497 e. The SMILES string of the molecule is CCc1cccc(CC)c1NC(=O)C(=O)N[C@H](c1cccc(OC)c1)c1nccn1C. The van der Waals surface area contributed by atoms with Crippen molar-refractivity contribution in [1.82, 2.24) is 14.9 Å². The molecule has 0 bridgehead atoms. The van der Waals surface area contributed by atoms with E-state index in [1.165, 1.54) is 0 Å². The van der Waals surface area contributed by atoms with Crippen LogP contribution in [0.5, 0.6) is 5.75 Å². The van der Waals surface area contributed by atoms with Crippen LogP contribution in [0.15, 0.2) is 54.9 Å². The van der Waals surface area contributed by atoms with E-state index in [1.54, 1.807) is 19.5 Å². The Kier molecular flexibility index (Phi) is 7.07. The number of ether oxygens (including phenoxy) is 1. The number of imidazole rings is 1. The molecular formula is C24H28N4O3. The maximum absolute atomic E-state index is 12.9. The number of hydrogen-bond acceptors (Lipinski definition) is 4. The van der Waals surface area contributed by atoms with Gasteiger partial charge in [-0.1, -0.05) is 44.2 Å². The molecule has 3 aromatic rings. The van der Waals surface area contributed by atoms with Crippen LogP contribution in [0.2, 0.25) is 0 Å². The highest BCUT2D eigenvalue weighted by Crippen LogP contribution is 2.25. The average molecular weight is 421 g/mol. The van der Waals surface area contributed by atoms with Crippen LogP contribution in [-0.2, 0) is 29.5 Å². The highest BCUT2D eigenvalue weighted by molar-refractivity contribution is 6.39. The van der Waals surface area contributed by atoms with Gasteiger partial charge in [0.2, 0.25) is 0 Å². The molecule has 2 amide bonds. The standard InChI is InChI=1S/C24H28N4O3/c1-5-16-9-7-10-17(6-2)20(16)26-23(29)24(30)27-21(22-25-13-14-28(22)3)18-11-8-12-19(15-18)31-4/h7-15,21H,5-6H2,1-4H3,(H,26,29)(H,27,30)/t21-/m1/s1. The van der Waals surface area contributed by atoms with Gasteiger partial charge in [-0.2, -0.15) is 0 Å². The summed E-state index contributed by atoms with van der Waals surface area (Å²) in [7, 11) is 3.42. The summed E-state index contributed by atoms with van der Waals surface area (Å²) < 4.78 is 7.13. The van der Waals surface area contributed by atoms with Gasteiger partial charge in [0.1, 0.15) is 17.6 Å². The molecule has 0 unspecified atom stereocenters. The van der Waals surface area contributed by atoms with Crippen LogP contribution in [0.25, 0.3) is 0 Å². The fourth-order valence-corrected chi connectivity index (χ4v) is 3.54. The van der Waals surface area contributed by atoms with E-state index in [0.29, 0.717) is 17.3 Å². The molecule has 0 saturated heterocycles. The second-order valence-electron chi connectivity index (χ2n) is 7.19. The molecule has 0 fully saturated rings. The van der Waals surface area contributed by atoms with E-state index in [-0.39, 0.29) is 0 Å². The number of para-hydroxylation sites is 1. The Balaban J connectivity index is 1.87. The lowest BCUT2D eigenvalue weighted by Gasteiger charge is -2.20. The molecule has 2 aromatic carbocycles. The second-order valence-corrected chi connectivity index (χ2v) is 7.19. The molecule has 0 aliphatic heterocycles. The van der Waals surface area contributed by atoms with Crippen molar-refractivity contribution in [2.75, 3.05) is 12.4 Å². The van der Waals surface area contributed by atoms with Crippen LogP contribution in [0, 0.1) is 0 Å². The van der Waals surface area contributed by atoms with Crippen LogP contribution >= 0.6 is 0 Å². The Labute approximate surface area is 182 Å². The monoisotopic (exact) mass is 420 g/mol. The lowest BCUT2D eigenvalue weighted by atomic mass is 10.0. The summed E-state index contributed by atoms with van der Waals surface area (Å²) in [4.78, 5) is 30.1. The summed E-state index contributed by atoms with van der Waals surface area (Å²) >= 11 is 0. The molecule has 1 atom stereocenters. The van der Waals surface area contributed by atoms with E-state index in [1.807, 2.05) is 67.9 Å². The molecule has 3 rings (SSSR count). The number of anilines is 1. The maximum atomic E-state index is 12.9. The number of carbonyl (C=O) groups is 2. The molecule has 31 heavy (non-hydrogen) atoms. The molecule has 0 spiro atoms. The number of carbonyl (C=O) groups excluding carboxylic acids is 2. The molecule has 0 radical (unpaired) electrons. The third kappa shape index (κ3) is 4.94. The Bertz CT molecular complexity index is 1050. The molecule has 0 saturated carbocycles. The predicted octanol–water partition coefficient (Wildman–Crippen LogP) is 3.40. The number of aryl methyl sites for hydroxylation is 3. The van der Waals surface area contributed by atoms with Crippen LogP contribution < -0.4 is 15.4 Å². The van der Waals surface area contributed by atoms with Crippen LogP contribution in [0.1, 0.15) is 42.4 Å². The number of amides is 2. The first-order chi connectivity index (χ1) is 15.0. The van der Waals surface area contributed by atoms with Gasteiger partial charge in [0, 0.05) is 25.1 Å². The smallest absolute Gasteiger partial charge is 0.313 e. The van der Waals surface area contributed by atoms with Gasteiger partial charge in [0.05, 0.1) is 7.11 Å². The third-order valence-corrected chi connectivity index (χ3v) is 5.26. The summed E-state index contributed by atoms with van der Waals surface area (Å²) in [6, 6.07) is 12.6. The number of aromatic nitrogens is 2. The fraction of sp³-hybridized carbons (Fsp3) is 0.292. The van der Waals surface area contributed by atoms with E-state index in [4.69, 9.17) is 4.74 Å². The minimum absolute atomic E-state index is 0.609. The molecule has 2 N–H and O–H groups in total. The number of rotatable bonds is 7. The van der Waals surface area contributed by atoms with Crippen molar-refractivity contribution in [3.8, 4) is 5.75 Å². The molecule has 1 aromatic heterocycles. The molecular weight excluding hydrogens is 392 g/mol. The highest BCUT2D eigenvalue weighted by Gasteiger charge is 2.25. The summed E-state index contributed by atoms with van der Waals surface area (Å²) in [6.45, 7) is 4.04. The highest BCUT2D eigenvalue weighted by atomic mass is 16.5. The van der Waals surface area contributed by atoms with Gasteiger partial charge < -0.3 is 19.9 Å². The molecule has 7 nitrogen and oxygen atoms in total. The number of nitrogens with one attached hydrogen (secondary N) is 2. The van der Waals surface area contributed by atoms with Gasteiger partial charge in [-0.3, -0.25) is 9.59 Å². The number of hydrogen-bond donors (Lipinski definition) is 2. The Morgan fingerprint density at radius 2 is 1.74 bits per heavy atom. The van der Waals surface area contributed by atoms with Crippen molar-refractivity contribution in [3.05, 3.63) is 77.4 Å². The minimum Gasteiger partial charge on any atom is -0.497 e. The zero-order chi connectivity index (χ0) is 22.4. The average Bonchev–Trinajstić information content (AvgIpc) is 3.22. The van der Waals surface area contributed by atoms with Crippen molar-refractivity contribution in [3.63, 3.8) is 0 Å². The second kappa shape index (κ2) is 9.93. The maximum Gasteiger partial charge on any atom is 0.313 e. The van der Waals surface area contributed by atoms with E-state index < -0.39 is 17.9 Å². The number of nitrogens with zero attached hydrogens (tertiary/aromatic N) is 2. The Morgan fingerprint density at radius 1 is 1.06 bits per heavy atom. The summed E-state index contributed by atoms with van der Waals surface area (Å²) in [5.74, 6) is -0.182. The molecule has 1 heterocycles. The first-order valence-corrected chi connectivity index (χ1v) is 10.3. The Morgan fingerprint density at radius 3 is 2.32 bits per heavy atom. The lowest BCUT2D eigenvalue weighted by Crippen LogP contribution is -2.39. The van der Waals surface area contributed by atoms with E-state index in [9.17, 15) is 9.59 Å². The normalized spacial score (nSPS) is 11.6. The van der Waals surface area contributed by atoms with Gasteiger partial charge in [-0.15, -0.1) is 0 Å². The minimum atomic E-state index is -0.733. The zero-order valence-electron chi connectivity index (χ0n) is 18.3. The first kappa shape index (κ1) is 22.1. The Hall–Kier alpha value is -3.61. The predicted molar refractivity (Wildman–Crippen MR) is 120 cm³/mol. The third-order valence-electron chi connectivity index (χ3n) is 5.26. The van der Waals surface area contributed by atoms with E-state index >= 15 is 0 Å². The number of methoxy groups -OCH3 is 1. The van der Waals surface area contributed by atoms with Crippen molar-refractivity contribution >= 4 is 17.5 Å². The van der Waals surface area contributed by atoms with Gasteiger partial charge in [-0.25, -0.2) is 4.98 Å². The van der Waals surface area contributed by atoms with Crippen LogP contribution in [0.3, 0.4) is 0 Å².